The number of nitro groups is 1. The van der Waals surface area contributed by atoms with Gasteiger partial charge in [-0.2, -0.15) is 11.8 Å². The molecule has 6 nitrogen and oxygen atoms in total. The molecule has 1 saturated carbocycles. The predicted octanol–water partition coefficient (Wildman–Crippen LogP) is 3.38. The van der Waals surface area contributed by atoms with Gasteiger partial charge in [-0.25, -0.2) is 4.79 Å². The first-order chi connectivity index (χ1) is 9.99. The van der Waals surface area contributed by atoms with Gasteiger partial charge in [0, 0.05) is 11.3 Å². The fraction of sp³-hybridized carbons (Fsp3) is 0.500. The lowest BCUT2D eigenvalue weighted by molar-refractivity contribution is -0.384. The summed E-state index contributed by atoms with van der Waals surface area (Å²) in [5, 5.41) is 23.4. The summed E-state index contributed by atoms with van der Waals surface area (Å²) in [6, 6.07) is 4.35. The Morgan fingerprint density at radius 3 is 2.67 bits per heavy atom. The fourth-order valence-electron chi connectivity index (χ4n) is 2.78. The van der Waals surface area contributed by atoms with Crippen LogP contribution in [0.15, 0.2) is 18.2 Å². The van der Waals surface area contributed by atoms with Crippen LogP contribution in [-0.2, 0) is 0 Å². The standard InChI is InChI=1S/C14H18N2O4S/c1-21-14(7-2-3-8-14)9-15-11-6-4-5-10(13(17)18)12(11)16(19)20/h4-6,15H,2-3,7-9H2,1H3,(H,17,18). The van der Waals surface area contributed by atoms with E-state index < -0.39 is 10.9 Å². The van der Waals surface area contributed by atoms with E-state index in [2.05, 4.69) is 11.6 Å². The van der Waals surface area contributed by atoms with Crippen molar-refractivity contribution in [3.8, 4) is 0 Å². The number of benzene rings is 1. The van der Waals surface area contributed by atoms with E-state index in [0.29, 0.717) is 6.54 Å². The second kappa shape index (κ2) is 6.34. The van der Waals surface area contributed by atoms with Crippen molar-refractivity contribution in [1.29, 1.82) is 0 Å². The lowest BCUT2D eigenvalue weighted by Crippen LogP contribution is -2.30. The van der Waals surface area contributed by atoms with E-state index in [4.69, 9.17) is 5.11 Å². The lowest BCUT2D eigenvalue weighted by Gasteiger charge is -2.27. The minimum atomic E-state index is -1.29. The van der Waals surface area contributed by atoms with Crippen LogP contribution in [0.2, 0.25) is 0 Å². The molecule has 1 aliphatic carbocycles. The molecule has 0 unspecified atom stereocenters. The molecule has 0 atom stereocenters. The number of anilines is 1. The van der Waals surface area contributed by atoms with E-state index in [1.165, 1.54) is 25.0 Å². The molecule has 0 bridgehead atoms. The summed E-state index contributed by atoms with van der Waals surface area (Å²) in [6.07, 6.45) is 6.54. The van der Waals surface area contributed by atoms with Crippen molar-refractivity contribution >= 4 is 29.1 Å². The first-order valence-electron chi connectivity index (χ1n) is 6.79. The second-order valence-corrected chi connectivity index (χ2v) is 6.49. The number of para-hydroxylation sites is 1. The first kappa shape index (κ1) is 15.6. The third kappa shape index (κ3) is 3.29. The number of thioether (sulfide) groups is 1. The van der Waals surface area contributed by atoms with Crippen LogP contribution < -0.4 is 5.32 Å². The summed E-state index contributed by atoms with van der Waals surface area (Å²) in [7, 11) is 0. The number of nitrogens with zero attached hydrogens (tertiary/aromatic N) is 1. The van der Waals surface area contributed by atoms with Gasteiger partial charge in [0.2, 0.25) is 0 Å². The van der Waals surface area contributed by atoms with Crippen LogP contribution in [0.25, 0.3) is 0 Å². The minimum Gasteiger partial charge on any atom is -0.477 e. The van der Waals surface area contributed by atoms with Gasteiger partial charge in [-0.3, -0.25) is 10.1 Å². The van der Waals surface area contributed by atoms with Gasteiger partial charge < -0.3 is 10.4 Å². The van der Waals surface area contributed by atoms with Gasteiger partial charge in [-0.15, -0.1) is 0 Å². The zero-order chi connectivity index (χ0) is 15.5. The third-order valence-corrected chi connectivity index (χ3v) is 5.42. The molecular formula is C14H18N2O4S. The third-order valence-electron chi connectivity index (χ3n) is 4.00. The first-order valence-corrected chi connectivity index (χ1v) is 8.01. The average molecular weight is 310 g/mol. The second-order valence-electron chi connectivity index (χ2n) is 5.21. The minimum absolute atomic E-state index is 0.0904. The monoisotopic (exact) mass is 310 g/mol. The number of rotatable bonds is 6. The number of hydrogen-bond donors (Lipinski definition) is 2. The van der Waals surface area contributed by atoms with Crippen molar-refractivity contribution < 1.29 is 14.8 Å². The quantitative estimate of drug-likeness (QED) is 0.618. The van der Waals surface area contributed by atoms with Gasteiger partial charge in [-0.1, -0.05) is 18.9 Å². The van der Waals surface area contributed by atoms with Gasteiger partial charge >= 0.3 is 11.7 Å². The van der Waals surface area contributed by atoms with Crippen molar-refractivity contribution in [2.24, 2.45) is 0 Å². The Morgan fingerprint density at radius 1 is 1.48 bits per heavy atom. The van der Waals surface area contributed by atoms with Crippen LogP contribution >= 0.6 is 11.8 Å². The lowest BCUT2D eigenvalue weighted by atomic mass is 10.1. The summed E-state index contributed by atoms with van der Waals surface area (Å²) in [5.74, 6) is -1.29. The molecule has 0 radical (unpaired) electrons. The van der Waals surface area contributed by atoms with Crippen molar-refractivity contribution in [3.05, 3.63) is 33.9 Å². The average Bonchev–Trinajstić information content (AvgIpc) is 2.94. The molecule has 1 aromatic rings. The SMILES string of the molecule is CSC1(CNc2cccc(C(=O)O)c2[N+](=O)[O-])CCCC1. The topological polar surface area (TPSA) is 92.5 Å². The highest BCUT2D eigenvalue weighted by Crippen LogP contribution is 2.41. The van der Waals surface area contributed by atoms with Crippen LogP contribution in [0.3, 0.4) is 0 Å². The molecule has 114 valence electrons. The molecule has 0 heterocycles. The summed E-state index contributed by atoms with van der Waals surface area (Å²) in [6.45, 7) is 0.609. The van der Waals surface area contributed by atoms with Gasteiger partial charge in [0.1, 0.15) is 11.3 Å². The van der Waals surface area contributed by atoms with Crippen LogP contribution in [-0.4, -0.2) is 33.5 Å². The van der Waals surface area contributed by atoms with Crippen LogP contribution in [0, 0.1) is 10.1 Å². The van der Waals surface area contributed by atoms with Crippen molar-refractivity contribution in [2.75, 3.05) is 18.1 Å². The number of carboxylic acid groups (broad SMARTS) is 1. The zero-order valence-corrected chi connectivity index (χ0v) is 12.6. The van der Waals surface area contributed by atoms with Gasteiger partial charge in [0.25, 0.3) is 0 Å². The van der Waals surface area contributed by atoms with E-state index >= 15 is 0 Å². The number of hydrogen-bond acceptors (Lipinski definition) is 5. The van der Waals surface area contributed by atoms with Crippen LogP contribution in [0.1, 0.15) is 36.0 Å². The highest BCUT2D eigenvalue weighted by atomic mass is 32.2. The molecule has 21 heavy (non-hydrogen) atoms. The van der Waals surface area contributed by atoms with E-state index in [9.17, 15) is 14.9 Å². The maximum atomic E-state index is 11.2. The van der Waals surface area contributed by atoms with E-state index in [1.54, 1.807) is 17.8 Å². The van der Waals surface area contributed by atoms with Crippen molar-refractivity contribution in [3.63, 3.8) is 0 Å². The van der Waals surface area contributed by atoms with E-state index in [-0.39, 0.29) is 21.7 Å². The molecule has 1 fully saturated rings. The Balaban J connectivity index is 2.25. The molecule has 1 aromatic carbocycles. The number of nitrogens with one attached hydrogen (secondary N) is 1. The van der Waals surface area contributed by atoms with E-state index in [0.717, 1.165) is 12.8 Å². The molecule has 0 aromatic heterocycles. The van der Waals surface area contributed by atoms with Crippen LogP contribution in [0.5, 0.6) is 0 Å². The molecule has 2 N–H and O–H groups in total. The maximum absolute atomic E-state index is 11.2. The molecule has 2 rings (SSSR count). The molecule has 0 aliphatic heterocycles. The van der Waals surface area contributed by atoms with Crippen molar-refractivity contribution in [2.45, 2.75) is 30.4 Å². The van der Waals surface area contributed by atoms with Gasteiger partial charge in [-0.05, 0) is 31.2 Å². The highest BCUT2D eigenvalue weighted by Gasteiger charge is 2.33. The highest BCUT2D eigenvalue weighted by molar-refractivity contribution is 8.00. The molecule has 0 amide bonds. The normalized spacial score (nSPS) is 16.6. The number of nitro benzene ring substituents is 1. The Kier molecular flexibility index (Phi) is 4.72. The molecular weight excluding hydrogens is 292 g/mol. The molecule has 1 aliphatic rings. The van der Waals surface area contributed by atoms with Gasteiger partial charge in [0.15, 0.2) is 0 Å². The number of aromatic carboxylic acids is 1. The Morgan fingerprint density at radius 2 is 2.14 bits per heavy atom. The fourth-order valence-corrected chi connectivity index (χ4v) is 3.70. The van der Waals surface area contributed by atoms with Crippen molar-refractivity contribution in [1.82, 2.24) is 0 Å². The largest absolute Gasteiger partial charge is 0.477 e. The Bertz CT molecular complexity index is 556. The number of carboxylic acids is 1. The smallest absolute Gasteiger partial charge is 0.342 e. The van der Waals surface area contributed by atoms with Gasteiger partial charge in [0.05, 0.1) is 4.92 Å². The summed E-state index contributed by atoms with van der Waals surface area (Å²) < 4.78 is 0.0904. The van der Waals surface area contributed by atoms with E-state index in [1.807, 2.05) is 0 Å². The number of carbonyl (C=O) groups is 1. The Hall–Kier alpha value is -1.76. The van der Waals surface area contributed by atoms with Crippen LogP contribution in [0.4, 0.5) is 11.4 Å². The predicted molar refractivity (Wildman–Crippen MR) is 83.3 cm³/mol. The summed E-state index contributed by atoms with van der Waals surface area (Å²) in [4.78, 5) is 21.7. The molecule has 0 spiro atoms. The molecule has 0 saturated heterocycles. The summed E-state index contributed by atoms with van der Waals surface area (Å²) in [5.41, 5.74) is -0.367. The maximum Gasteiger partial charge on any atom is 0.342 e. The molecule has 7 heteroatoms. The summed E-state index contributed by atoms with van der Waals surface area (Å²) >= 11 is 1.78. The zero-order valence-electron chi connectivity index (χ0n) is 11.8. The Labute approximate surface area is 127 Å².